The molecule has 3 rings (SSSR count). The smallest absolute Gasteiger partial charge is 0.331 e. The molecular weight excluding hydrogens is 441 g/mol. The normalized spacial score (nSPS) is 27.0. The zero-order valence-electron chi connectivity index (χ0n) is 18.7. The van der Waals surface area contributed by atoms with Crippen molar-refractivity contribution >= 4 is 24.6 Å². The molecule has 6 unspecified atom stereocenters. The number of nitrogens with two attached hydrogens (primary N) is 1. The molecule has 0 spiro atoms. The van der Waals surface area contributed by atoms with E-state index < -0.39 is 43.4 Å². The maximum atomic E-state index is 12.8. The van der Waals surface area contributed by atoms with Crippen molar-refractivity contribution in [3.05, 3.63) is 12.7 Å². The number of ether oxygens (including phenoxy) is 1. The molecule has 1 aliphatic heterocycles. The Bertz CT molecular complexity index is 998. The van der Waals surface area contributed by atoms with Gasteiger partial charge in [0.2, 0.25) is 11.2 Å². The van der Waals surface area contributed by atoms with Crippen molar-refractivity contribution in [2.45, 2.75) is 89.2 Å². The van der Waals surface area contributed by atoms with Crippen LogP contribution in [0.5, 0.6) is 0 Å². The monoisotopic (exact) mass is 474 g/mol. The van der Waals surface area contributed by atoms with Crippen LogP contribution in [0.3, 0.4) is 0 Å². The van der Waals surface area contributed by atoms with Gasteiger partial charge in [0.25, 0.3) is 12.1 Å². The van der Waals surface area contributed by atoms with Crippen molar-refractivity contribution < 1.29 is 38.9 Å². The van der Waals surface area contributed by atoms with Gasteiger partial charge in [-0.25, -0.2) is 4.98 Å². The minimum atomic E-state index is -3.90. The van der Waals surface area contributed by atoms with Crippen LogP contribution in [0, 0.1) is 0 Å². The highest BCUT2D eigenvalue weighted by atomic mass is 31.2. The van der Waals surface area contributed by atoms with Crippen molar-refractivity contribution in [1.82, 2.24) is 14.5 Å². The van der Waals surface area contributed by atoms with E-state index in [-0.39, 0.29) is 23.4 Å². The Kier molecular flexibility index (Phi) is 7.14. The van der Waals surface area contributed by atoms with Crippen LogP contribution >= 0.6 is 7.60 Å². The lowest BCUT2D eigenvalue weighted by Gasteiger charge is -2.37. The van der Waals surface area contributed by atoms with Gasteiger partial charge in [-0.1, -0.05) is 37.4 Å². The van der Waals surface area contributed by atoms with Gasteiger partial charge >= 0.3 is 7.60 Å². The van der Waals surface area contributed by atoms with E-state index in [0.717, 1.165) is 6.33 Å². The zero-order chi connectivity index (χ0) is 23.8. The number of imidazole rings is 1. The summed E-state index contributed by atoms with van der Waals surface area (Å²) in [6.45, 7) is 7.16. The van der Waals surface area contributed by atoms with Gasteiger partial charge in [0.05, 0.1) is 17.4 Å². The van der Waals surface area contributed by atoms with Gasteiger partial charge in [-0.2, -0.15) is 0 Å². The van der Waals surface area contributed by atoms with Crippen molar-refractivity contribution in [3.63, 3.8) is 0 Å². The Morgan fingerprint density at radius 1 is 1.31 bits per heavy atom. The average molecular weight is 474 g/mol. The van der Waals surface area contributed by atoms with Crippen molar-refractivity contribution in [1.29, 1.82) is 0 Å². The first-order valence-corrected chi connectivity index (χ1v) is 12.4. The summed E-state index contributed by atoms with van der Waals surface area (Å²) < 4.78 is 26.6. The quantitative estimate of drug-likeness (QED) is 0.201. The number of rotatable bonds is 9. The summed E-state index contributed by atoms with van der Waals surface area (Å²) in [4.78, 5) is 18.7. The van der Waals surface area contributed by atoms with E-state index in [9.17, 15) is 24.9 Å². The highest BCUT2D eigenvalue weighted by Crippen LogP contribution is 2.54. The molecule has 180 valence electrons. The average Bonchev–Trinajstić information content (AvgIpc) is 3.31. The number of aliphatic hydroxyl groups excluding tert-OH is 2. The van der Waals surface area contributed by atoms with E-state index in [1.165, 1.54) is 10.9 Å². The highest BCUT2D eigenvalue weighted by molar-refractivity contribution is 7.53. The largest absolute Gasteiger partial charge is 0.388 e. The summed E-state index contributed by atoms with van der Waals surface area (Å²) in [5.74, 6) is -0.0357. The predicted molar refractivity (Wildman–Crippen MR) is 114 cm³/mol. The van der Waals surface area contributed by atoms with Crippen LogP contribution in [-0.4, -0.2) is 64.4 Å². The van der Waals surface area contributed by atoms with Gasteiger partial charge in [-0.05, 0) is 19.3 Å². The molecule has 2 aromatic rings. The molecule has 1 aliphatic rings. The van der Waals surface area contributed by atoms with E-state index >= 15 is 0 Å². The molecule has 12 nitrogen and oxygen atoms in total. The number of hydrogen-bond donors (Lipinski definition) is 5. The second-order valence-corrected chi connectivity index (χ2v) is 10.5. The summed E-state index contributed by atoms with van der Waals surface area (Å²) >= 11 is 0. The summed E-state index contributed by atoms with van der Waals surface area (Å²) in [6.07, 6.45) is -0.616. The van der Waals surface area contributed by atoms with E-state index in [1.807, 2.05) is 20.8 Å². The predicted octanol–water partition coefficient (Wildman–Crippen LogP) is 1.11. The molecule has 0 bridgehead atoms. The minimum Gasteiger partial charge on any atom is -0.388 e. The second kappa shape index (κ2) is 9.20. The molecular formula is C19H33N5O7P+. The molecule has 32 heavy (non-hydrogen) atoms. The Hall–Kier alpha value is -1.82. The zero-order valence-corrected chi connectivity index (χ0v) is 19.6. The van der Waals surface area contributed by atoms with Crippen LogP contribution in [0.2, 0.25) is 0 Å². The number of anilines is 1. The number of nitrogens with zero attached hydrogens (tertiary/aromatic N) is 4. The van der Waals surface area contributed by atoms with E-state index in [2.05, 4.69) is 9.97 Å². The van der Waals surface area contributed by atoms with Crippen LogP contribution in [0.1, 0.15) is 59.6 Å². The van der Waals surface area contributed by atoms with Crippen LogP contribution in [0.15, 0.2) is 12.7 Å². The summed E-state index contributed by atoms with van der Waals surface area (Å²) in [5.41, 5.74) is 4.73. The number of aromatic nitrogens is 4. The standard InChI is InChI=1S/C19H32N5O7P/c1-5-11(4)32(28,29)31-19(6-2,7-3)8-12-14(25)15(26)18(30-12)23-9-21-13-16(20)24(27)10-22-17(13)23/h9-12,14-15,18,20,25-27H,5-8H2,1-4H3,(H,28,29)/p+1. The SMILES string of the molecule is CCC(C)P(=O)(O)OC(CC)(CC)CC1OC(n2cnc3c(N)[n+](O)cnc32)C(O)C1O. The molecule has 0 aromatic carbocycles. The van der Waals surface area contributed by atoms with E-state index in [0.29, 0.717) is 24.0 Å². The molecule has 6 N–H and O–H groups in total. The molecule has 0 amide bonds. The van der Waals surface area contributed by atoms with Gasteiger partial charge in [-0.3, -0.25) is 9.13 Å². The first-order valence-electron chi connectivity index (χ1n) is 10.8. The maximum Gasteiger partial charge on any atom is 0.331 e. The minimum absolute atomic E-state index is 0.0357. The summed E-state index contributed by atoms with van der Waals surface area (Å²) in [7, 11) is -3.90. The fourth-order valence-electron chi connectivity index (χ4n) is 3.93. The third-order valence-corrected chi connectivity index (χ3v) is 8.62. The second-order valence-electron chi connectivity index (χ2n) is 8.35. The van der Waals surface area contributed by atoms with Crippen LogP contribution in [0.25, 0.3) is 11.2 Å². The Morgan fingerprint density at radius 2 is 1.97 bits per heavy atom. The van der Waals surface area contributed by atoms with Crippen LogP contribution in [-0.2, 0) is 13.8 Å². The molecule has 13 heteroatoms. The van der Waals surface area contributed by atoms with Gasteiger partial charge in [-0.15, -0.1) is 0 Å². The van der Waals surface area contributed by atoms with Gasteiger partial charge in [0, 0.05) is 6.42 Å². The molecule has 1 saturated heterocycles. The van der Waals surface area contributed by atoms with Gasteiger partial charge in [0.15, 0.2) is 6.23 Å². The number of hydrogen-bond acceptors (Lipinski definition) is 9. The number of fused-ring (bicyclic) bond motifs is 1. The van der Waals surface area contributed by atoms with Crippen LogP contribution in [0.4, 0.5) is 5.82 Å². The Morgan fingerprint density at radius 3 is 2.56 bits per heavy atom. The lowest BCUT2D eigenvalue weighted by molar-refractivity contribution is -0.894. The Labute approximate surface area is 186 Å². The molecule has 0 saturated carbocycles. The van der Waals surface area contributed by atoms with Crippen molar-refractivity contribution in [2.75, 3.05) is 5.73 Å². The maximum absolute atomic E-state index is 12.8. The summed E-state index contributed by atoms with van der Waals surface area (Å²) in [5, 5.41) is 31.1. The van der Waals surface area contributed by atoms with Crippen molar-refractivity contribution in [3.8, 4) is 0 Å². The molecule has 0 radical (unpaired) electrons. The molecule has 1 fully saturated rings. The lowest BCUT2D eigenvalue weighted by atomic mass is 9.88. The number of aliphatic hydroxyl groups is 2. The van der Waals surface area contributed by atoms with Gasteiger partial charge < -0.3 is 35.3 Å². The van der Waals surface area contributed by atoms with E-state index in [1.54, 1.807) is 6.92 Å². The van der Waals surface area contributed by atoms with E-state index in [4.69, 9.17) is 15.0 Å². The third kappa shape index (κ3) is 4.35. The molecule has 0 aliphatic carbocycles. The Balaban J connectivity index is 1.87. The number of nitrogen functional groups attached to an aromatic ring is 1. The molecule has 6 atom stereocenters. The highest BCUT2D eigenvalue weighted by Gasteiger charge is 2.49. The first kappa shape index (κ1) is 24.8. The molecule has 3 heterocycles. The fraction of sp³-hybridized carbons (Fsp3) is 0.737. The first-order chi connectivity index (χ1) is 15.0. The topological polar surface area (TPSA) is 177 Å². The fourth-order valence-corrected chi connectivity index (χ4v) is 5.46. The summed E-state index contributed by atoms with van der Waals surface area (Å²) in [6, 6.07) is 0. The molecule has 2 aromatic heterocycles. The van der Waals surface area contributed by atoms with Crippen LogP contribution < -0.4 is 10.5 Å². The lowest BCUT2D eigenvalue weighted by Crippen LogP contribution is -2.40. The third-order valence-electron chi connectivity index (χ3n) is 6.49. The van der Waals surface area contributed by atoms with Gasteiger partial charge in [0.1, 0.15) is 18.5 Å². The van der Waals surface area contributed by atoms with Crippen molar-refractivity contribution in [2.24, 2.45) is 0 Å².